The van der Waals surface area contributed by atoms with E-state index in [0.29, 0.717) is 12.8 Å². The molecule has 298 valence electrons. The normalized spacial score (nSPS) is 14.2. The van der Waals surface area contributed by atoms with E-state index in [-0.39, 0.29) is 32.6 Å². The molecule has 0 amide bonds. The summed E-state index contributed by atoms with van der Waals surface area (Å²) in [7, 11) is -4.39. The topological polar surface area (TPSA) is 134 Å². The SMILES string of the molecule is CC/C=C\C/C=C\C/C=C\C/C=C\C/C=C\CCCCCC(=O)OC(COC(=O)CCCCCCC/C=C\CCCCC)COP(=O)(O)OCCN. The van der Waals surface area contributed by atoms with Gasteiger partial charge in [0.15, 0.2) is 6.10 Å². The molecule has 9 nitrogen and oxygen atoms in total. The number of phosphoric ester groups is 1. The Balaban J connectivity index is 4.30. The first kappa shape index (κ1) is 49.5. The Morgan fingerprint density at radius 3 is 1.62 bits per heavy atom. The minimum absolute atomic E-state index is 0.0428. The number of phosphoric acid groups is 1. The Labute approximate surface area is 316 Å². The lowest BCUT2D eigenvalue weighted by molar-refractivity contribution is -0.161. The molecule has 0 rings (SSSR count). The molecule has 0 bridgehead atoms. The van der Waals surface area contributed by atoms with E-state index in [2.05, 4.69) is 86.8 Å². The Morgan fingerprint density at radius 1 is 0.596 bits per heavy atom. The molecule has 0 aromatic carbocycles. The quantitative estimate of drug-likeness (QED) is 0.0278. The number of carbonyl (C=O) groups is 2. The second-order valence-corrected chi connectivity index (χ2v) is 14.2. The number of unbranched alkanes of at least 4 members (excludes halogenated alkanes) is 11. The lowest BCUT2D eigenvalue weighted by Crippen LogP contribution is -2.29. The van der Waals surface area contributed by atoms with E-state index in [9.17, 15) is 19.0 Å². The highest BCUT2D eigenvalue weighted by Crippen LogP contribution is 2.43. The van der Waals surface area contributed by atoms with Gasteiger partial charge in [0.05, 0.1) is 13.2 Å². The Kier molecular flexibility index (Phi) is 36.3. The molecule has 10 heteroatoms. The van der Waals surface area contributed by atoms with Crippen molar-refractivity contribution in [3.63, 3.8) is 0 Å². The van der Waals surface area contributed by atoms with Crippen LogP contribution in [-0.2, 0) is 32.7 Å². The number of carbonyl (C=O) groups excluding carboxylic acids is 2. The highest BCUT2D eigenvalue weighted by atomic mass is 31.2. The Morgan fingerprint density at radius 2 is 1.06 bits per heavy atom. The van der Waals surface area contributed by atoms with E-state index in [1.54, 1.807) is 0 Å². The van der Waals surface area contributed by atoms with Gasteiger partial charge in [0.25, 0.3) is 0 Å². The van der Waals surface area contributed by atoms with E-state index in [0.717, 1.165) is 89.9 Å². The molecule has 0 aliphatic heterocycles. The van der Waals surface area contributed by atoms with Crippen LogP contribution in [0.5, 0.6) is 0 Å². The molecule has 0 fully saturated rings. The third-order valence-electron chi connectivity index (χ3n) is 7.83. The van der Waals surface area contributed by atoms with Gasteiger partial charge < -0.3 is 20.1 Å². The van der Waals surface area contributed by atoms with E-state index in [1.807, 2.05) is 0 Å². The average Bonchev–Trinajstić information content (AvgIpc) is 3.13. The number of esters is 2. The standard InChI is InChI=1S/C42H72NO8P/c1-3-5-7-9-11-13-15-17-18-19-20-21-22-23-25-27-29-31-33-35-42(45)51-40(39-50-52(46,47)49-37-36-43)38-48-41(44)34-32-30-28-26-24-16-14-12-10-8-6-4-2/h5,7,11-14,17-18,20-21,23,25,40H,3-4,6,8-10,15-16,19,22,24,26-39,43H2,1-2H3,(H,46,47)/b7-5-,13-11-,14-12-,18-17-,21-20-,25-23-. The van der Waals surface area contributed by atoms with Gasteiger partial charge in [-0.15, -0.1) is 0 Å². The van der Waals surface area contributed by atoms with Crippen molar-refractivity contribution in [1.82, 2.24) is 0 Å². The molecule has 52 heavy (non-hydrogen) atoms. The van der Waals surface area contributed by atoms with Gasteiger partial charge in [0.2, 0.25) is 0 Å². The molecule has 0 aliphatic carbocycles. The molecule has 0 saturated heterocycles. The summed E-state index contributed by atoms with van der Waals surface area (Å²) in [5, 5.41) is 0. The Hall–Kier alpha value is -2.55. The van der Waals surface area contributed by atoms with Gasteiger partial charge in [-0.1, -0.05) is 125 Å². The largest absolute Gasteiger partial charge is 0.472 e. The van der Waals surface area contributed by atoms with Gasteiger partial charge in [0, 0.05) is 19.4 Å². The molecule has 3 N–H and O–H groups in total. The van der Waals surface area contributed by atoms with Crippen molar-refractivity contribution >= 4 is 19.8 Å². The fraction of sp³-hybridized carbons (Fsp3) is 0.667. The third-order valence-corrected chi connectivity index (χ3v) is 8.81. The zero-order valence-corrected chi connectivity index (χ0v) is 33.4. The van der Waals surface area contributed by atoms with Crippen LogP contribution in [0.1, 0.15) is 149 Å². The van der Waals surface area contributed by atoms with Crippen LogP contribution >= 0.6 is 7.82 Å². The number of hydrogen-bond acceptors (Lipinski definition) is 8. The molecule has 0 saturated carbocycles. The van der Waals surface area contributed by atoms with Gasteiger partial charge in [-0.2, -0.15) is 0 Å². The molecular formula is C42H72NO8P. The van der Waals surface area contributed by atoms with Crippen molar-refractivity contribution in [2.24, 2.45) is 5.73 Å². The molecule has 0 aromatic heterocycles. The predicted molar refractivity (Wildman–Crippen MR) is 215 cm³/mol. The van der Waals surface area contributed by atoms with Crippen LogP contribution < -0.4 is 5.73 Å². The number of rotatable bonds is 36. The van der Waals surface area contributed by atoms with Crippen LogP contribution in [0, 0.1) is 0 Å². The molecule has 2 unspecified atom stereocenters. The highest BCUT2D eigenvalue weighted by Gasteiger charge is 2.25. The summed E-state index contributed by atoms with van der Waals surface area (Å²) >= 11 is 0. The van der Waals surface area contributed by atoms with Crippen molar-refractivity contribution in [2.75, 3.05) is 26.4 Å². The van der Waals surface area contributed by atoms with Gasteiger partial charge in [0.1, 0.15) is 6.61 Å². The average molecular weight is 750 g/mol. The number of nitrogens with two attached hydrogens (primary N) is 1. The lowest BCUT2D eigenvalue weighted by atomic mass is 10.1. The smallest absolute Gasteiger partial charge is 0.462 e. The van der Waals surface area contributed by atoms with E-state index in [1.165, 1.54) is 19.3 Å². The molecule has 0 aromatic rings. The van der Waals surface area contributed by atoms with E-state index >= 15 is 0 Å². The van der Waals surface area contributed by atoms with Crippen LogP contribution in [0.3, 0.4) is 0 Å². The summed E-state index contributed by atoms with van der Waals surface area (Å²) in [4.78, 5) is 34.7. The van der Waals surface area contributed by atoms with Crippen molar-refractivity contribution in [2.45, 2.75) is 155 Å². The van der Waals surface area contributed by atoms with Crippen LogP contribution in [0.15, 0.2) is 72.9 Å². The van der Waals surface area contributed by atoms with Crippen LogP contribution in [0.25, 0.3) is 0 Å². The van der Waals surface area contributed by atoms with E-state index in [4.69, 9.17) is 24.3 Å². The van der Waals surface area contributed by atoms with Gasteiger partial charge in [-0.3, -0.25) is 18.6 Å². The number of allylic oxidation sites excluding steroid dienone is 12. The van der Waals surface area contributed by atoms with Crippen LogP contribution in [0.2, 0.25) is 0 Å². The molecule has 0 heterocycles. The second-order valence-electron chi connectivity index (χ2n) is 12.8. The maximum Gasteiger partial charge on any atom is 0.472 e. The minimum Gasteiger partial charge on any atom is -0.462 e. The van der Waals surface area contributed by atoms with Crippen molar-refractivity contribution < 1.29 is 37.6 Å². The van der Waals surface area contributed by atoms with E-state index < -0.39 is 32.5 Å². The molecule has 0 radical (unpaired) electrons. The maximum absolute atomic E-state index is 12.5. The van der Waals surface area contributed by atoms with Crippen molar-refractivity contribution in [3.05, 3.63) is 72.9 Å². The number of hydrogen-bond donors (Lipinski definition) is 2. The zero-order chi connectivity index (χ0) is 38.2. The fourth-order valence-electron chi connectivity index (χ4n) is 4.89. The molecule has 2 atom stereocenters. The summed E-state index contributed by atoms with van der Waals surface area (Å²) in [6, 6.07) is 0. The van der Waals surface area contributed by atoms with Crippen molar-refractivity contribution in [3.8, 4) is 0 Å². The molecule has 0 spiro atoms. The van der Waals surface area contributed by atoms with Crippen LogP contribution in [0.4, 0.5) is 0 Å². The Bertz CT molecular complexity index is 1080. The zero-order valence-electron chi connectivity index (χ0n) is 32.5. The molecule has 0 aliphatic rings. The van der Waals surface area contributed by atoms with Gasteiger partial charge in [-0.05, 0) is 83.5 Å². The summed E-state index contributed by atoms with van der Waals surface area (Å²) in [5.74, 6) is -0.886. The highest BCUT2D eigenvalue weighted by molar-refractivity contribution is 7.47. The first-order valence-electron chi connectivity index (χ1n) is 19.9. The second kappa shape index (κ2) is 38.2. The maximum atomic E-state index is 12.5. The number of ether oxygens (including phenoxy) is 2. The lowest BCUT2D eigenvalue weighted by Gasteiger charge is -2.19. The van der Waals surface area contributed by atoms with Crippen molar-refractivity contribution in [1.29, 1.82) is 0 Å². The van der Waals surface area contributed by atoms with Gasteiger partial charge in [-0.25, -0.2) is 4.57 Å². The third kappa shape index (κ3) is 37.2. The molecular weight excluding hydrogens is 677 g/mol. The summed E-state index contributed by atoms with van der Waals surface area (Å²) in [5.41, 5.74) is 5.33. The van der Waals surface area contributed by atoms with Crippen LogP contribution in [-0.4, -0.2) is 49.3 Å². The summed E-state index contributed by atoms with van der Waals surface area (Å²) in [6.45, 7) is 3.51. The summed E-state index contributed by atoms with van der Waals surface area (Å²) in [6.07, 6.45) is 45.0. The summed E-state index contributed by atoms with van der Waals surface area (Å²) < 4.78 is 32.6. The first-order chi connectivity index (χ1) is 25.3. The fourth-order valence-corrected chi connectivity index (χ4v) is 5.65. The first-order valence-corrected chi connectivity index (χ1v) is 21.4. The minimum atomic E-state index is -4.39. The van der Waals surface area contributed by atoms with Gasteiger partial charge >= 0.3 is 19.8 Å². The monoisotopic (exact) mass is 749 g/mol. The predicted octanol–water partition coefficient (Wildman–Crippen LogP) is 11.1.